The lowest BCUT2D eigenvalue weighted by atomic mass is 10.2. The van der Waals surface area contributed by atoms with Gasteiger partial charge in [0, 0.05) is 0 Å². The summed E-state index contributed by atoms with van der Waals surface area (Å²) in [4.78, 5) is 32.1. The molecule has 0 aliphatic carbocycles. The van der Waals surface area contributed by atoms with Crippen molar-refractivity contribution in [3.63, 3.8) is 0 Å². The van der Waals surface area contributed by atoms with Crippen LogP contribution < -0.4 is 0 Å². The minimum atomic E-state index is -1.30. The fraction of sp³-hybridized carbons (Fsp3) is 0.750. The van der Waals surface area contributed by atoms with Gasteiger partial charge in [-0.15, -0.1) is 4.91 Å². The highest BCUT2D eigenvalue weighted by atomic mass is 16.5. The van der Waals surface area contributed by atoms with E-state index in [0.717, 1.165) is 0 Å². The second-order valence-corrected chi connectivity index (χ2v) is 2.38. The van der Waals surface area contributed by atoms with Gasteiger partial charge in [0.25, 0.3) is 0 Å². The molecule has 0 fully saturated rings. The zero-order valence-electron chi connectivity index (χ0n) is 8.19. The Bertz CT molecular complexity index is 216. The van der Waals surface area contributed by atoms with E-state index in [1.54, 1.807) is 13.8 Å². The molecule has 0 amide bonds. The van der Waals surface area contributed by atoms with Crippen LogP contribution in [0.3, 0.4) is 0 Å². The molecule has 0 aromatic rings. The number of rotatable bonds is 6. The van der Waals surface area contributed by atoms with Crippen LogP contribution in [0.25, 0.3) is 0 Å². The second kappa shape index (κ2) is 6.99. The van der Waals surface area contributed by atoms with Crippen molar-refractivity contribution in [1.82, 2.24) is 0 Å². The standard InChI is InChI=1S/C8H13NO5/c1-3-13-7(10)5-6(9-12)8(11)14-4-2/h6H,3-5H2,1-2H3. The van der Waals surface area contributed by atoms with Gasteiger partial charge in [-0.05, 0) is 13.8 Å². The van der Waals surface area contributed by atoms with E-state index in [9.17, 15) is 14.5 Å². The first-order valence-corrected chi connectivity index (χ1v) is 4.30. The Morgan fingerprint density at radius 2 is 1.79 bits per heavy atom. The van der Waals surface area contributed by atoms with Crippen LogP contribution in [0, 0.1) is 4.91 Å². The van der Waals surface area contributed by atoms with Crippen LogP contribution in [0.5, 0.6) is 0 Å². The number of carbonyl (C=O) groups excluding carboxylic acids is 2. The maximum Gasteiger partial charge on any atom is 0.335 e. The third-order valence-electron chi connectivity index (χ3n) is 1.35. The number of esters is 2. The summed E-state index contributed by atoms with van der Waals surface area (Å²) >= 11 is 0. The summed E-state index contributed by atoms with van der Waals surface area (Å²) in [6.45, 7) is 3.58. The summed E-state index contributed by atoms with van der Waals surface area (Å²) in [7, 11) is 0. The summed E-state index contributed by atoms with van der Waals surface area (Å²) in [5.41, 5.74) is 0. The Labute approximate surface area is 81.5 Å². The van der Waals surface area contributed by atoms with E-state index in [1.807, 2.05) is 0 Å². The van der Waals surface area contributed by atoms with E-state index in [-0.39, 0.29) is 19.6 Å². The quantitative estimate of drug-likeness (QED) is 0.467. The van der Waals surface area contributed by atoms with Crippen molar-refractivity contribution in [2.45, 2.75) is 26.3 Å². The van der Waals surface area contributed by atoms with Crippen molar-refractivity contribution in [1.29, 1.82) is 0 Å². The Kier molecular flexibility index (Phi) is 6.26. The highest BCUT2D eigenvalue weighted by Gasteiger charge is 2.24. The normalized spacial score (nSPS) is 11.6. The number of nitrogens with zero attached hydrogens (tertiary/aromatic N) is 1. The molecule has 80 valence electrons. The molecule has 0 bridgehead atoms. The zero-order valence-corrected chi connectivity index (χ0v) is 8.19. The van der Waals surface area contributed by atoms with E-state index < -0.39 is 18.0 Å². The lowest BCUT2D eigenvalue weighted by Crippen LogP contribution is -2.25. The van der Waals surface area contributed by atoms with Gasteiger partial charge in [-0.3, -0.25) is 4.79 Å². The number of hydrogen-bond donors (Lipinski definition) is 0. The second-order valence-electron chi connectivity index (χ2n) is 2.38. The van der Waals surface area contributed by atoms with Crippen molar-refractivity contribution in [2.24, 2.45) is 5.18 Å². The van der Waals surface area contributed by atoms with Gasteiger partial charge in [-0.1, -0.05) is 5.18 Å². The van der Waals surface area contributed by atoms with Gasteiger partial charge in [0.2, 0.25) is 0 Å². The molecule has 1 atom stereocenters. The van der Waals surface area contributed by atoms with E-state index in [1.165, 1.54) is 0 Å². The first kappa shape index (κ1) is 12.5. The summed E-state index contributed by atoms with van der Waals surface area (Å²) in [5.74, 6) is -1.43. The van der Waals surface area contributed by atoms with Gasteiger partial charge in [0.15, 0.2) is 6.04 Å². The molecule has 14 heavy (non-hydrogen) atoms. The van der Waals surface area contributed by atoms with E-state index in [0.29, 0.717) is 0 Å². The monoisotopic (exact) mass is 203 g/mol. The van der Waals surface area contributed by atoms with Crippen LogP contribution in [-0.2, 0) is 19.1 Å². The molecule has 1 unspecified atom stereocenters. The minimum absolute atomic E-state index is 0.147. The highest BCUT2D eigenvalue weighted by molar-refractivity contribution is 5.82. The first-order valence-electron chi connectivity index (χ1n) is 4.30. The van der Waals surface area contributed by atoms with Gasteiger partial charge in [0.1, 0.15) is 0 Å². The fourth-order valence-corrected chi connectivity index (χ4v) is 0.780. The van der Waals surface area contributed by atoms with Gasteiger partial charge in [-0.2, -0.15) is 0 Å². The van der Waals surface area contributed by atoms with Crippen LogP contribution in [0.2, 0.25) is 0 Å². The van der Waals surface area contributed by atoms with Gasteiger partial charge in [-0.25, -0.2) is 4.79 Å². The Morgan fingerprint density at radius 1 is 1.21 bits per heavy atom. The molecule has 0 saturated carbocycles. The van der Waals surface area contributed by atoms with Gasteiger partial charge in [0.05, 0.1) is 19.6 Å². The maximum absolute atomic E-state index is 11.0. The molecule has 0 heterocycles. The SMILES string of the molecule is CCOC(=O)CC(N=O)C(=O)OCC. The molecule has 0 aliphatic heterocycles. The molecule has 0 rings (SSSR count). The predicted molar refractivity (Wildman–Crippen MR) is 47.5 cm³/mol. The largest absolute Gasteiger partial charge is 0.466 e. The van der Waals surface area contributed by atoms with Crippen molar-refractivity contribution in [3.8, 4) is 0 Å². The Balaban J connectivity index is 4.07. The van der Waals surface area contributed by atoms with Crippen LogP contribution in [0.4, 0.5) is 0 Å². The molecule has 6 nitrogen and oxygen atoms in total. The van der Waals surface area contributed by atoms with Crippen LogP contribution in [0.1, 0.15) is 20.3 Å². The summed E-state index contributed by atoms with van der Waals surface area (Å²) in [6.07, 6.45) is -0.365. The van der Waals surface area contributed by atoms with E-state index in [2.05, 4.69) is 14.7 Å². The molecule has 0 spiro atoms. The molecule has 6 heteroatoms. The smallest absolute Gasteiger partial charge is 0.335 e. The van der Waals surface area contributed by atoms with Crippen LogP contribution >= 0.6 is 0 Å². The average Bonchev–Trinajstić information content (AvgIpc) is 2.15. The molecule has 0 N–H and O–H groups in total. The molecule has 0 radical (unpaired) electrons. The zero-order chi connectivity index (χ0) is 11.0. The van der Waals surface area contributed by atoms with Crippen molar-refractivity contribution >= 4 is 11.9 Å². The summed E-state index contributed by atoms with van der Waals surface area (Å²) in [5, 5.41) is 2.50. The van der Waals surface area contributed by atoms with Gasteiger partial charge >= 0.3 is 11.9 Å². The minimum Gasteiger partial charge on any atom is -0.466 e. The fourth-order valence-electron chi connectivity index (χ4n) is 0.780. The van der Waals surface area contributed by atoms with E-state index in [4.69, 9.17) is 0 Å². The number of hydrogen-bond acceptors (Lipinski definition) is 6. The summed E-state index contributed by atoms with van der Waals surface area (Å²) in [6, 6.07) is -1.30. The van der Waals surface area contributed by atoms with Crippen molar-refractivity contribution in [3.05, 3.63) is 4.91 Å². The molecule has 0 aromatic heterocycles. The highest BCUT2D eigenvalue weighted by Crippen LogP contribution is 2.02. The van der Waals surface area contributed by atoms with Crippen molar-refractivity contribution < 1.29 is 19.1 Å². The topological polar surface area (TPSA) is 82.0 Å². The number of ether oxygens (including phenoxy) is 2. The van der Waals surface area contributed by atoms with Crippen LogP contribution in [-0.4, -0.2) is 31.2 Å². The first-order chi connectivity index (χ1) is 6.65. The van der Waals surface area contributed by atoms with Gasteiger partial charge < -0.3 is 9.47 Å². The molecule has 0 aliphatic rings. The number of nitroso groups, excluding NO2 is 1. The average molecular weight is 203 g/mol. The Hall–Kier alpha value is -1.46. The Morgan fingerprint density at radius 3 is 2.21 bits per heavy atom. The third kappa shape index (κ3) is 4.54. The predicted octanol–water partition coefficient (Wildman–Crippen LogP) is 0.638. The summed E-state index contributed by atoms with van der Waals surface area (Å²) < 4.78 is 9.09. The van der Waals surface area contributed by atoms with E-state index >= 15 is 0 Å². The molecular weight excluding hydrogens is 190 g/mol. The number of carbonyl (C=O) groups is 2. The lowest BCUT2D eigenvalue weighted by molar-refractivity contribution is -0.151. The van der Waals surface area contributed by atoms with Crippen molar-refractivity contribution in [2.75, 3.05) is 13.2 Å². The van der Waals surface area contributed by atoms with Crippen LogP contribution in [0.15, 0.2) is 5.18 Å². The third-order valence-corrected chi connectivity index (χ3v) is 1.35. The molecule has 0 saturated heterocycles. The lowest BCUT2D eigenvalue weighted by Gasteiger charge is -2.07. The maximum atomic E-state index is 11.0. The molecular formula is C8H13NO5. The molecule has 0 aromatic carbocycles.